The molecule has 13 heavy (non-hydrogen) atoms. The first kappa shape index (κ1) is 10.9. The molecule has 78 valence electrons. The quantitative estimate of drug-likeness (QED) is 0.496. The Labute approximate surface area is 76.9 Å². The molecule has 0 aromatic rings. The average molecular weight is 192 g/mol. The van der Waals surface area contributed by atoms with E-state index in [0.29, 0.717) is 0 Å². The Balaban J connectivity index is 2.69. The van der Waals surface area contributed by atoms with Crippen molar-refractivity contribution in [1.82, 2.24) is 0 Å². The van der Waals surface area contributed by atoms with Gasteiger partial charge in [0.1, 0.15) is 24.4 Å². The van der Waals surface area contributed by atoms with Crippen LogP contribution in [0.1, 0.15) is 6.92 Å². The zero-order valence-electron chi connectivity index (χ0n) is 7.75. The van der Waals surface area contributed by atoms with Crippen LogP contribution in [0.15, 0.2) is 0 Å². The van der Waals surface area contributed by atoms with Gasteiger partial charge in [-0.1, -0.05) is 0 Å². The zero-order chi connectivity index (χ0) is 10.0. The van der Waals surface area contributed by atoms with Gasteiger partial charge in [0.05, 0.1) is 12.7 Å². The molecule has 1 heterocycles. The maximum atomic E-state index is 9.54. The molecule has 1 aliphatic rings. The number of aliphatic hydroxyl groups is 3. The van der Waals surface area contributed by atoms with Gasteiger partial charge in [-0.3, -0.25) is 0 Å². The molecule has 0 unspecified atom stereocenters. The fraction of sp³-hybridized carbons (Fsp3) is 1.00. The van der Waals surface area contributed by atoms with Crippen LogP contribution in [0.25, 0.3) is 0 Å². The Bertz CT molecular complexity index is 161. The summed E-state index contributed by atoms with van der Waals surface area (Å²) in [5, 5.41) is 27.9. The third-order valence-electron chi connectivity index (χ3n) is 2.38. The summed E-state index contributed by atoms with van der Waals surface area (Å²) in [5.74, 6) is 0. The van der Waals surface area contributed by atoms with Gasteiger partial charge in [-0.2, -0.15) is 0 Å². The first-order valence-electron chi connectivity index (χ1n) is 4.27. The molecule has 1 fully saturated rings. The topological polar surface area (TPSA) is 79.2 Å². The molecule has 0 amide bonds. The largest absolute Gasteiger partial charge is 0.394 e. The minimum Gasteiger partial charge on any atom is -0.394 e. The summed E-state index contributed by atoms with van der Waals surface area (Å²) < 4.78 is 10.2. The normalized spacial score (nSPS) is 46.4. The van der Waals surface area contributed by atoms with Gasteiger partial charge in [0.2, 0.25) is 0 Å². The first-order chi connectivity index (χ1) is 6.11. The SMILES string of the molecule is CO[C@H]1[C@H](O)[C@@H](O)[C@@H](C)O[C@@H]1CO. The van der Waals surface area contributed by atoms with E-state index in [1.54, 1.807) is 6.92 Å². The minimum atomic E-state index is -1.01. The van der Waals surface area contributed by atoms with Crippen LogP contribution in [0.3, 0.4) is 0 Å². The summed E-state index contributed by atoms with van der Waals surface area (Å²) in [6, 6.07) is 0. The fourth-order valence-electron chi connectivity index (χ4n) is 1.56. The standard InChI is InChI=1S/C8H16O5/c1-4-6(10)7(11)8(12-2)5(3-9)13-4/h4-11H,3H2,1-2H3/t4-,5-,6+,7-,8-/m1/s1. The van der Waals surface area contributed by atoms with Gasteiger partial charge in [-0.25, -0.2) is 0 Å². The molecule has 0 spiro atoms. The summed E-state index contributed by atoms with van der Waals surface area (Å²) in [5.41, 5.74) is 0. The maximum Gasteiger partial charge on any atom is 0.114 e. The molecule has 3 N–H and O–H groups in total. The van der Waals surface area contributed by atoms with Gasteiger partial charge >= 0.3 is 0 Å². The third kappa shape index (κ3) is 2.00. The lowest BCUT2D eigenvalue weighted by Crippen LogP contribution is -2.58. The van der Waals surface area contributed by atoms with E-state index in [2.05, 4.69) is 0 Å². The molecular weight excluding hydrogens is 176 g/mol. The molecule has 5 atom stereocenters. The van der Waals surface area contributed by atoms with E-state index >= 15 is 0 Å². The van der Waals surface area contributed by atoms with Crippen LogP contribution in [0.5, 0.6) is 0 Å². The first-order valence-corrected chi connectivity index (χ1v) is 4.27. The van der Waals surface area contributed by atoms with E-state index in [4.69, 9.17) is 14.6 Å². The van der Waals surface area contributed by atoms with Gasteiger partial charge in [-0.15, -0.1) is 0 Å². The van der Waals surface area contributed by atoms with E-state index in [1.165, 1.54) is 7.11 Å². The second-order valence-corrected chi connectivity index (χ2v) is 3.24. The Morgan fingerprint density at radius 2 is 1.92 bits per heavy atom. The summed E-state index contributed by atoms with van der Waals surface area (Å²) in [6.45, 7) is 1.41. The zero-order valence-corrected chi connectivity index (χ0v) is 7.75. The van der Waals surface area contributed by atoms with E-state index in [-0.39, 0.29) is 6.61 Å². The van der Waals surface area contributed by atoms with Crippen molar-refractivity contribution < 1.29 is 24.8 Å². The van der Waals surface area contributed by atoms with Gasteiger partial charge < -0.3 is 24.8 Å². The van der Waals surface area contributed by atoms with Crippen LogP contribution in [-0.2, 0) is 9.47 Å². The lowest BCUT2D eigenvalue weighted by molar-refractivity contribution is -0.231. The number of methoxy groups -OCH3 is 1. The maximum absolute atomic E-state index is 9.54. The Morgan fingerprint density at radius 1 is 1.31 bits per heavy atom. The minimum absolute atomic E-state index is 0.230. The molecular formula is C8H16O5. The third-order valence-corrected chi connectivity index (χ3v) is 2.38. The fourth-order valence-corrected chi connectivity index (χ4v) is 1.56. The molecule has 0 aliphatic carbocycles. The smallest absolute Gasteiger partial charge is 0.114 e. The number of aliphatic hydroxyl groups excluding tert-OH is 3. The van der Waals surface area contributed by atoms with Crippen LogP contribution < -0.4 is 0 Å². The predicted octanol–water partition coefficient (Wildman–Crippen LogP) is -1.50. The molecule has 0 saturated carbocycles. The van der Waals surface area contributed by atoms with Crippen LogP contribution in [0.2, 0.25) is 0 Å². The van der Waals surface area contributed by atoms with Gasteiger partial charge in [-0.05, 0) is 6.92 Å². The van der Waals surface area contributed by atoms with Crippen molar-refractivity contribution in [1.29, 1.82) is 0 Å². The lowest BCUT2D eigenvalue weighted by Gasteiger charge is -2.40. The van der Waals surface area contributed by atoms with Crippen molar-refractivity contribution in [3.05, 3.63) is 0 Å². The number of hydrogen-bond donors (Lipinski definition) is 3. The number of ether oxygens (including phenoxy) is 2. The summed E-state index contributed by atoms with van der Waals surface area (Å²) in [7, 11) is 1.41. The Hall–Kier alpha value is -0.200. The summed E-state index contributed by atoms with van der Waals surface area (Å²) in [4.78, 5) is 0. The van der Waals surface area contributed by atoms with Crippen molar-refractivity contribution in [2.24, 2.45) is 0 Å². The summed E-state index contributed by atoms with van der Waals surface area (Å²) in [6.07, 6.45) is -3.70. The highest BCUT2D eigenvalue weighted by atomic mass is 16.6. The second-order valence-electron chi connectivity index (χ2n) is 3.24. The molecule has 0 aromatic heterocycles. The molecule has 0 bridgehead atoms. The lowest BCUT2D eigenvalue weighted by atomic mass is 9.96. The van der Waals surface area contributed by atoms with Gasteiger partial charge in [0, 0.05) is 7.11 Å². The number of rotatable bonds is 2. The van der Waals surface area contributed by atoms with Crippen LogP contribution in [-0.4, -0.2) is 59.6 Å². The van der Waals surface area contributed by atoms with Crippen molar-refractivity contribution in [3.8, 4) is 0 Å². The van der Waals surface area contributed by atoms with Crippen molar-refractivity contribution in [3.63, 3.8) is 0 Å². The highest BCUT2D eigenvalue weighted by Gasteiger charge is 2.42. The van der Waals surface area contributed by atoms with Gasteiger partial charge in [0.25, 0.3) is 0 Å². The van der Waals surface area contributed by atoms with Crippen LogP contribution in [0.4, 0.5) is 0 Å². The average Bonchev–Trinajstić information content (AvgIpc) is 2.13. The van der Waals surface area contributed by atoms with E-state index in [1.807, 2.05) is 0 Å². The van der Waals surface area contributed by atoms with Crippen LogP contribution >= 0.6 is 0 Å². The molecule has 5 nitrogen and oxygen atoms in total. The highest BCUT2D eigenvalue weighted by Crippen LogP contribution is 2.22. The molecule has 0 aromatic carbocycles. The number of hydrogen-bond acceptors (Lipinski definition) is 5. The summed E-state index contributed by atoms with van der Waals surface area (Å²) >= 11 is 0. The highest BCUT2D eigenvalue weighted by molar-refractivity contribution is 4.91. The second kappa shape index (κ2) is 4.34. The Morgan fingerprint density at radius 3 is 2.38 bits per heavy atom. The van der Waals surface area contributed by atoms with Crippen molar-refractivity contribution >= 4 is 0 Å². The molecule has 1 rings (SSSR count). The monoisotopic (exact) mass is 192 g/mol. The molecule has 0 radical (unpaired) electrons. The van der Waals surface area contributed by atoms with E-state index in [9.17, 15) is 10.2 Å². The van der Waals surface area contributed by atoms with Crippen molar-refractivity contribution in [2.75, 3.05) is 13.7 Å². The molecule has 1 aliphatic heterocycles. The predicted molar refractivity (Wildman–Crippen MR) is 44.2 cm³/mol. The Kier molecular flexibility index (Phi) is 3.63. The molecule has 5 heteroatoms. The van der Waals surface area contributed by atoms with E-state index < -0.39 is 30.5 Å². The van der Waals surface area contributed by atoms with Crippen LogP contribution in [0, 0.1) is 0 Å². The van der Waals surface area contributed by atoms with E-state index in [0.717, 1.165) is 0 Å². The van der Waals surface area contributed by atoms with Gasteiger partial charge in [0.15, 0.2) is 0 Å². The molecule has 1 saturated heterocycles. The van der Waals surface area contributed by atoms with Crippen molar-refractivity contribution in [2.45, 2.75) is 37.4 Å².